The SMILES string of the molecule is CSc1cc2c(cc1NC(=O)N1CCCC3(CCOCC3)C1)OCCO2. The highest BCUT2D eigenvalue weighted by Crippen LogP contribution is 2.41. The molecular formula is C19H26N2O4S. The van der Waals surface area contributed by atoms with Crippen LogP contribution >= 0.6 is 11.8 Å². The van der Waals surface area contributed by atoms with Crippen molar-refractivity contribution in [3.8, 4) is 11.5 Å². The third kappa shape index (κ3) is 3.60. The van der Waals surface area contributed by atoms with Crippen LogP contribution in [0.15, 0.2) is 17.0 Å². The minimum Gasteiger partial charge on any atom is -0.486 e. The van der Waals surface area contributed by atoms with Crippen molar-refractivity contribution in [2.45, 2.75) is 30.6 Å². The number of fused-ring (bicyclic) bond motifs is 1. The highest BCUT2D eigenvalue weighted by Gasteiger charge is 2.38. The molecule has 2 amide bonds. The molecule has 0 unspecified atom stereocenters. The molecule has 3 aliphatic rings. The van der Waals surface area contributed by atoms with Crippen molar-refractivity contribution < 1.29 is 19.0 Å². The van der Waals surface area contributed by atoms with Gasteiger partial charge in [0, 0.05) is 37.3 Å². The van der Waals surface area contributed by atoms with E-state index in [1.807, 2.05) is 23.3 Å². The minimum absolute atomic E-state index is 0.0254. The molecule has 2 fully saturated rings. The van der Waals surface area contributed by atoms with Crippen LogP contribution in [0.25, 0.3) is 0 Å². The van der Waals surface area contributed by atoms with E-state index in [2.05, 4.69) is 5.32 Å². The van der Waals surface area contributed by atoms with Crippen molar-refractivity contribution in [3.05, 3.63) is 12.1 Å². The lowest BCUT2D eigenvalue weighted by Gasteiger charge is -2.45. The summed E-state index contributed by atoms with van der Waals surface area (Å²) >= 11 is 1.59. The summed E-state index contributed by atoms with van der Waals surface area (Å²) in [6, 6.07) is 3.81. The highest BCUT2D eigenvalue weighted by molar-refractivity contribution is 7.98. The average Bonchev–Trinajstić information content (AvgIpc) is 2.68. The van der Waals surface area contributed by atoms with Crippen LogP contribution in [0.1, 0.15) is 25.7 Å². The van der Waals surface area contributed by atoms with Crippen molar-refractivity contribution >= 4 is 23.5 Å². The molecule has 3 aliphatic heterocycles. The number of hydrogen-bond donors (Lipinski definition) is 1. The van der Waals surface area contributed by atoms with Crippen LogP contribution < -0.4 is 14.8 Å². The number of carbonyl (C=O) groups is 1. The van der Waals surface area contributed by atoms with Gasteiger partial charge in [-0.15, -0.1) is 11.8 Å². The highest BCUT2D eigenvalue weighted by atomic mass is 32.2. The molecule has 2 saturated heterocycles. The fourth-order valence-corrected chi connectivity index (χ4v) is 4.68. The van der Waals surface area contributed by atoms with Crippen molar-refractivity contribution in [3.63, 3.8) is 0 Å². The van der Waals surface area contributed by atoms with Crippen molar-refractivity contribution in [1.82, 2.24) is 4.90 Å². The number of anilines is 1. The summed E-state index contributed by atoms with van der Waals surface area (Å²) < 4.78 is 16.8. The smallest absolute Gasteiger partial charge is 0.321 e. The first kappa shape index (κ1) is 17.8. The largest absolute Gasteiger partial charge is 0.486 e. The first-order valence-corrected chi connectivity index (χ1v) is 10.5. The second-order valence-electron chi connectivity index (χ2n) is 7.26. The predicted molar refractivity (Wildman–Crippen MR) is 102 cm³/mol. The second kappa shape index (κ2) is 7.56. The molecule has 6 nitrogen and oxygen atoms in total. The molecule has 4 rings (SSSR count). The number of amides is 2. The van der Waals surface area contributed by atoms with E-state index in [4.69, 9.17) is 14.2 Å². The van der Waals surface area contributed by atoms with E-state index in [0.29, 0.717) is 19.0 Å². The van der Waals surface area contributed by atoms with Crippen molar-refractivity contribution in [1.29, 1.82) is 0 Å². The molecule has 1 spiro atoms. The van der Waals surface area contributed by atoms with Gasteiger partial charge in [0.25, 0.3) is 0 Å². The van der Waals surface area contributed by atoms with Gasteiger partial charge in [-0.05, 0) is 43.4 Å². The minimum atomic E-state index is -0.0254. The summed E-state index contributed by atoms with van der Waals surface area (Å²) in [4.78, 5) is 15.9. The lowest BCUT2D eigenvalue weighted by molar-refractivity contribution is -0.0175. The molecule has 7 heteroatoms. The molecule has 1 aromatic carbocycles. The predicted octanol–water partition coefficient (Wildman–Crippen LogP) is 3.60. The third-order valence-corrected chi connectivity index (χ3v) is 6.39. The molecule has 0 aromatic heterocycles. The Labute approximate surface area is 158 Å². The number of carbonyl (C=O) groups excluding carboxylic acids is 1. The van der Waals surface area contributed by atoms with E-state index >= 15 is 0 Å². The number of benzene rings is 1. The van der Waals surface area contributed by atoms with Crippen LogP contribution in [0.2, 0.25) is 0 Å². The zero-order valence-electron chi connectivity index (χ0n) is 15.2. The van der Waals surface area contributed by atoms with E-state index < -0.39 is 0 Å². The lowest BCUT2D eigenvalue weighted by Crippen LogP contribution is -2.49. The average molecular weight is 378 g/mol. The Morgan fingerprint density at radius 1 is 1.12 bits per heavy atom. The standard InChI is InChI=1S/C19H26N2O4S/c1-26-17-12-16-15(24-9-10-25-16)11-14(17)20-18(22)21-6-2-3-19(13-21)4-7-23-8-5-19/h11-12H,2-10,13H2,1H3,(H,20,22). The molecule has 1 N–H and O–H groups in total. The van der Waals surface area contributed by atoms with Gasteiger partial charge >= 0.3 is 6.03 Å². The number of thioether (sulfide) groups is 1. The fraction of sp³-hybridized carbons (Fsp3) is 0.632. The van der Waals surface area contributed by atoms with E-state index in [1.165, 1.54) is 6.42 Å². The number of rotatable bonds is 2. The molecule has 1 aromatic rings. The van der Waals surface area contributed by atoms with Gasteiger partial charge in [-0.2, -0.15) is 0 Å². The van der Waals surface area contributed by atoms with Crippen LogP contribution in [0.3, 0.4) is 0 Å². The van der Waals surface area contributed by atoms with Crippen molar-refractivity contribution in [2.75, 3.05) is 51.1 Å². The summed E-state index contributed by atoms with van der Waals surface area (Å²) in [5.74, 6) is 1.45. The number of piperidine rings is 1. The summed E-state index contributed by atoms with van der Waals surface area (Å²) in [6.07, 6.45) is 6.36. The van der Waals surface area contributed by atoms with Gasteiger partial charge in [0.2, 0.25) is 0 Å². The Hall–Kier alpha value is -1.60. The zero-order chi connectivity index (χ0) is 18.0. The summed E-state index contributed by atoms with van der Waals surface area (Å²) in [6.45, 7) is 4.36. The quantitative estimate of drug-likeness (QED) is 0.797. The van der Waals surface area contributed by atoms with E-state index in [9.17, 15) is 4.79 Å². The summed E-state index contributed by atoms with van der Waals surface area (Å²) in [5.41, 5.74) is 1.03. The Balaban J connectivity index is 1.49. The van der Waals surface area contributed by atoms with Crippen LogP contribution in [0.5, 0.6) is 11.5 Å². The molecule has 0 bridgehead atoms. The summed E-state index contributed by atoms with van der Waals surface area (Å²) in [7, 11) is 0. The molecule has 0 atom stereocenters. The number of likely N-dealkylation sites (tertiary alicyclic amines) is 1. The molecular weight excluding hydrogens is 352 g/mol. The molecule has 3 heterocycles. The van der Waals surface area contributed by atoms with Gasteiger partial charge in [0.1, 0.15) is 13.2 Å². The number of nitrogens with one attached hydrogen (secondary N) is 1. The maximum atomic E-state index is 12.9. The molecule has 0 radical (unpaired) electrons. The van der Waals surface area contributed by atoms with Gasteiger partial charge in [-0.25, -0.2) is 4.79 Å². The third-order valence-electron chi connectivity index (χ3n) is 5.61. The number of nitrogens with zero attached hydrogens (tertiary/aromatic N) is 1. The molecule has 0 aliphatic carbocycles. The Kier molecular flexibility index (Phi) is 5.18. The fourth-order valence-electron chi connectivity index (χ4n) is 4.12. The maximum absolute atomic E-state index is 12.9. The number of hydrogen-bond acceptors (Lipinski definition) is 5. The monoisotopic (exact) mass is 378 g/mol. The Morgan fingerprint density at radius 2 is 1.85 bits per heavy atom. The lowest BCUT2D eigenvalue weighted by atomic mass is 9.74. The Morgan fingerprint density at radius 3 is 2.58 bits per heavy atom. The van der Waals surface area contributed by atoms with E-state index in [-0.39, 0.29) is 11.4 Å². The van der Waals surface area contributed by atoms with Crippen LogP contribution in [0.4, 0.5) is 10.5 Å². The zero-order valence-corrected chi connectivity index (χ0v) is 16.0. The van der Waals surface area contributed by atoms with Gasteiger partial charge in [-0.1, -0.05) is 0 Å². The van der Waals surface area contributed by atoms with E-state index in [1.54, 1.807) is 11.8 Å². The topological polar surface area (TPSA) is 60.0 Å². The van der Waals surface area contributed by atoms with Gasteiger partial charge in [0.15, 0.2) is 11.5 Å². The molecule has 142 valence electrons. The van der Waals surface area contributed by atoms with Gasteiger partial charge < -0.3 is 24.4 Å². The van der Waals surface area contributed by atoms with Crippen LogP contribution in [0, 0.1) is 5.41 Å². The van der Waals surface area contributed by atoms with Gasteiger partial charge in [-0.3, -0.25) is 0 Å². The van der Waals surface area contributed by atoms with Crippen molar-refractivity contribution in [2.24, 2.45) is 5.41 Å². The Bertz CT molecular complexity index is 670. The number of ether oxygens (including phenoxy) is 3. The van der Waals surface area contributed by atoms with Gasteiger partial charge in [0.05, 0.1) is 5.69 Å². The summed E-state index contributed by atoms with van der Waals surface area (Å²) in [5, 5.41) is 3.10. The molecule has 0 saturated carbocycles. The first-order chi connectivity index (χ1) is 12.7. The van der Waals surface area contributed by atoms with Crippen LogP contribution in [-0.4, -0.2) is 56.7 Å². The second-order valence-corrected chi connectivity index (χ2v) is 8.11. The molecule has 26 heavy (non-hydrogen) atoms. The van der Waals surface area contributed by atoms with Crippen LogP contribution in [-0.2, 0) is 4.74 Å². The van der Waals surface area contributed by atoms with E-state index in [0.717, 1.165) is 61.9 Å². The normalized spacial score (nSPS) is 21.5. The first-order valence-electron chi connectivity index (χ1n) is 9.30. The number of urea groups is 1. The maximum Gasteiger partial charge on any atom is 0.321 e.